The first kappa shape index (κ1) is 30.7. The average Bonchev–Trinajstić information content (AvgIpc) is 3.57. The SMILES string of the molecule is CCCOc1ccc(/C(O)=C2/C(=O)C(=O)N(c3nnc(SCc4ccc(Cl)cc4Cl)s3)C2c2ccc(O)c(OC)c2)cc1. The summed E-state index contributed by atoms with van der Waals surface area (Å²) in [6, 6.07) is 15.2. The molecule has 4 aromatic rings. The van der Waals surface area contributed by atoms with Gasteiger partial charge in [-0.05, 0) is 66.1 Å². The van der Waals surface area contributed by atoms with Crippen molar-refractivity contribution in [3.63, 3.8) is 0 Å². The minimum Gasteiger partial charge on any atom is -0.507 e. The van der Waals surface area contributed by atoms with Crippen molar-refractivity contribution in [2.75, 3.05) is 18.6 Å². The van der Waals surface area contributed by atoms with Crippen molar-refractivity contribution in [1.29, 1.82) is 0 Å². The number of aliphatic hydroxyl groups is 1. The molecule has 1 unspecified atom stereocenters. The first-order chi connectivity index (χ1) is 20.7. The van der Waals surface area contributed by atoms with E-state index in [0.29, 0.717) is 43.6 Å². The normalized spacial score (nSPS) is 16.1. The highest BCUT2D eigenvalue weighted by atomic mass is 35.5. The summed E-state index contributed by atoms with van der Waals surface area (Å²) in [6.45, 7) is 2.53. The monoisotopic (exact) mass is 657 g/mol. The summed E-state index contributed by atoms with van der Waals surface area (Å²) in [6.07, 6.45) is 0.835. The van der Waals surface area contributed by atoms with E-state index in [1.54, 1.807) is 42.5 Å². The summed E-state index contributed by atoms with van der Waals surface area (Å²) in [5, 5.41) is 31.3. The second-order valence-electron chi connectivity index (χ2n) is 9.35. The van der Waals surface area contributed by atoms with Crippen LogP contribution in [0.15, 0.2) is 70.6 Å². The van der Waals surface area contributed by atoms with Gasteiger partial charge in [-0.2, -0.15) is 0 Å². The fourth-order valence-electron chi connectivity index (χ4n) is 4.43. The van der Waals surface area contributed by atoms with E-state index in [1.165, 1.54) is 35.9 Å². The predicted octanol–water partition coefficient (Wildman–Crippen LogP) is 7.27. The number of thioether (sulfide) groups is 1. The van der Waals surface area contributed by atoms with Crippen LogP contribution in [0.5, 0.6) is 17.2 Å². The number of hydrogen-bond acceptors (Lipinski definition) is 10. The number of halogens is 2. The zero-order chi connectivity index (χ0) is 30.7. The van der Waals surface area contributed by atoms with Crippen molar-refractivity contribution in [2.24, 2.45) is 0 Å². The summed E-state index contributed by atoms with van der Waals surface area (Å²) in [5.74, 6) is -1.04. The summed E-state index contributed by atoms with van der Waals surface area (Å²) in [5.41, 5.74) is 1.44. The second-order valence-corrected chi connectivity index (χ2v) is 12.4. The molecule has 222 valence electrons. The number of methoxy groups -OCH3 is 1. The van der Waals surface area contributed by atoms with E-state index < -0.39 is 17.7 Å². The molecule has 2 N–H and O–H groups in total. The minimum atomic E-state index is -1.08. The van der Waals surface area contributed by atoms with E-state index in [1.807, 2.05) is 13.0 Å². The van der Waals surface area contributed by atoms with Crippen molar-refractivity contribution in [3.05, 3.63) is 93.0 Å². The fraction of sp³-hybridized carbons (Fsp3) is 0.200. The van der Waals surface area contributed by atoms with Gasteiger partial charge in [0, 0.05) is 21.4 Å². The number of benzene rings is 3. The van der Waals surface area contributed by atoms with Crippen molar-refractivity contribution in [1.82, 2.24) is 10.2 Å². The van der Waals surface area contributed by atoms with Gasteiger partial charge in [-0.15, -0.1) is 10.2 Å². The van der Waals surface area contributed by atoms with Gasteiger partial charge >= 0.3 is 5.91 Å². The Morgan fingerprint density at radius 3 is 2.53 bits per heavy atom. The van der Waals surface area contributed by atoms with E-state index in [9.17, 15) is 19.8 Å². The number of anilines is 1. The Labute approximate surface area is 265 Å². The number of amides is 1. The largest absolute Gasteiger partial charge is 0.507 e. The van der Waals surface area contributed by atoms with Gasteiger partial charge in [0.2, 0.25) is 5.13 Å². The number of carbonyl (C=O) groups excluding carboxylic acids is 2. The zero-order valence-corrected chi connectivity index (χ0v) is 26.1. The highest BCUT2D eigenvalue weighted by molar-refractivity contribution is 8.00. The Morgan fingerprint density at radius 2 is 1.84 bits per heavy atom. The fourth-order valence-corrected chi connectivity index (χ4v) is 6.86. The number of hydrogen-bond donors (Lipinski definition) is 2. The first-order valence-corrected chi connectivity index (χ1v) is 15.6. The molecule has 1 amide bonds. The quantitative estimate of drug-likeness (QED) is 0.0596. The van der Waals surface area contributed by atoms with Gasteiger partial charge in [0.05, 0.1) is 25.3 Å². The number of phenols is 1. The smallest absolute Gasteiger partial charge is 0.301 e. The van der Waals surface area contributed by atoms with Gasteiger partial charge in [0.1, 0.15) is 11.5 Å². The van der Waals surface area contributed by atoms with E-state index in [-0.39, 0.29) is 28.0 Å². The lowest BCUT2D eigenvalue weighted by Crippen LogP contribution is -2.29. The molecule has 0 saturated carbocycles. The lowest BCUT2D eigenvalue weighted by Gasteiger charge is -2.23. The van der Waals surface area contributed by atoms with Crippen molar-refractivity contribution < 1.29 is 29.3 Å². The maximum Gasteiger partial charge on any atom is 0.301 e. The molecule has 2 heterocycles. The topological polar surface area (TPSA) is 122 Å². The number of carbonyl (C=O) groups is 2. The standard InChI is InChI=1S/C30H25Cl2N3O6S2/c1-3-12-41-20-9-5-16(6-10-20)26(37)24-25(17-7-11-22(36)23(13-17)40-2)35(28(39)27(24)38)29-33-34-30(43-29)42-15-18-4-8-19(31)14-21(18)32/h4-11,13-14,25,36-37H,3,12,15H2,1-2H3/b26-24-. The maximum absolute atomic E-state index is 13.5. The van der Waals surface area contributed by atoms with Crippen molar-refractivity contribution >= 4 is 68.9 Å². The molecule has 5 rings (SSSR count). The molecule has 1 saturated heterocycles. The molecule has 9 nitrogen and oxygen atoms in total. The molecule has 0 bridgehead atoms. The zero-order valence-electron chi connectivity index (χ0n) is 22.9. The van der Waals surface area contributed by atoms with Gasteiger partial charge in [-0.25, -0.2) is 0 Å². The Bertz CT molecular complexity index is 1710. The van der Waals surface area contributed by atoms with Gasteiger partial charge in [-0.1, -0.05) is 65.4 Å². The van der Waals surface area contributed by atoms with Crippen molar-refractivity contribution in [2.45, 2.75) is 29.5 Å². The molecule has 1 aromatic heterocycles. The molecule has 0 radical (unpaired) electrons. The van der Waals surface area contributed by atoms with E-state index >= 15 is 0 Å². The van der Waals surface area contributed by atoms with Gasteiger partial charge < -0.3 is 19.7 Å². The van der Waals surface area contributed by atoms with E-state index in [4.69, 9.17) is 32.7 Å². The Hall–Kier alpha value is -3.77. The number of nitrogens with zero attached hydrogens (tertiary/aromatic N) is 3. The first-order valence-electron chi connectivity index (χ1n) is 13.0. The van der Waals surface area contributed by atoms with E-state index in [2.05, 4.69) is 10.2 Å². The molecule has 43 heavy (non-hydrogen) atoms. The number of aliphatic hydroxyl groups excluding tert-OH is 1. The summed E-state index contributed by atoms with van der Waals surface area (Å²) < 4.78 is 11.4. The van der Waals surface area contributed by atoms with Crippen LogP contribution in [0.25, 0.3) is 5.76 Å². The van der Waals surface area contributed by atoms with E-state index in [0.717, 1.165) is 23.3 Å². The highest BCUT2D eigenvalue weighted by Crippen LogP contribution is 2.45. The third-order valence-electron chi connectivity index (χ3n) is 6.53. The highest BCUT2D eigenvalue weighted by Gasteiger charge is 2.48. The summed E-state index contributed by atoms with van der Waals surface area (Å²) in [7, 11) is 1.39. The molecule has 0 spiro atoms. The predicted molar refractivity (Wildman–Crippen MR) is 168 cm³/mol. The lowest BCUT2D eigenvalue weighted by atomic mass is 9.95. The number of rotatable bonds is 10. The van der Waals surface area contributed by atoms with Gasteiger partial charge in [-0.3, -0.25) is 14.5 Å². The molecule has 13 heteroatoms. The number of aromatic hydroxyl groups is 1. The van der Waals surface area contributed by atoms with Gasteiger partial charge in [0.25, 0.3) is 5.78 Å². The van der Waals surface area contributed by atoms with Crippen LogP contribution >= 0.6 is 46.3 Å². The Balaban J connectivity index is 1.53. The van der Waals surface area contributed by atoms with Crippen LogP contribution in [0.3, 0.4) is 0 Å². The number of aromatic nitrogens is 2. The lowest BCUT2D eigenvalue weighted by molar-refractivity contribution is -0.132. The van der Waals surface area contributed by atoms with Crippen LogP contribution in [0.4, 0.5) is 5.13 Å². The molecule has 1 aliphatic rings. The number of Topliss-reactive ketones (excluding diaryl/α,β-unsaturated/α-hetero) is 1. The number of phenolic OH excluding ortho intramolecular Hbond substituents is 1. The van der Waals surface area contributed by atoms with Gasteiger partial charge in [0.15, 0.2) is 15.8 Å². The molecule has 3 aromatic carbocycles. The third-order valence-corrected chi connectivity index (χ3v) is 9.22. The molecule has 1 atom stereocenters. The van der Waals surface area contributed by atoms with Crippen LogP contribution in [0, 0.1) is 0 Å². The van der Waals surface area contributed by atoms with Crippen LogP contribution in [0.2, 0.25) is 10.0 Å². The molecular formula is C30H25Cl2N3O6S2. The second kappa shape index (κ2) is 13.3. The Kier molecular flexibility index (Phi) is 9.46. The number of ketones is 1. The summed E-state index contributed by atoms with van der Waals surface area (Å²) in [4.78, 5) is 28.2. The Morgan fingerprint density at radius 1 is 1.07 bits per heavy atom. The van der Waals surface area contributed by atoms with Crippen LogP contribution in [0.1, 0.15) is 36.1 Å². The third kappa shape index (κ3) is 6.45. The van der Waals surface area contributed by atoms with Crippen LogP contribution in [-0.2, 0) is 15.3 Å². The summed E-state index contributed by atoms with van der Waals surface area (Å²) >= 11 is 14.8. The van der Waals surface area contributed by atoms with Crippen molar-refractivity contribution in [3.8, 4) is 17.2 Å². The molecule has 1 aliphatic heterocycles. The molecule has 0 aliphatic carbocycles. The minimum absolute atomic E-state index is 0.124. The molecule has 1 fully saturated rings. The molecular weight excluding hydrogens is 633 g/mol. The number of ether oxygens (including phenoxy) is 2. The van der Waals surface area contributed by atoms with Crippen LogP contribution < -0.4 is 14.4 Å². The average molecular weight is 659 g/mol. The maximum atomic E-state index is 13.5. The van der Waals surface area contributed by atoms with Crippen LogP contribution in [-0.4, -0.2) is 45.8 Å².